The highest BCUT2D eigenvalue weighted by Gasteiger charge is 2.11. The highest BCUT2D eigenvalue weighted by molar-refractivity contribution is 5.81. The number of aromatic nitrogens is 1. The van der Waals surface area contributed by atoms with Gasteiger partial charge in [-0.1, -0.05) is 6.07 Å². The quantitative estimate of drug-likeness (QED) is 0.720. The number of hydrogen-bond donors (Lipinski definition) is 0. The zero-order valence-electron chi connectivity index (χ0n) is 9.32. The number of pyridine rings is 1. The number of fused-ring (bicyclic) bond motifs is 1. The van der Waals surface area contributed by atoms with E-state index in [-0.39, 0.29) is 0 Å². The first kappa shape index (κ1) is 9.64. The largest absolute Gasteiger partial charge is 0.371 e. The molecule has 81 valence electrons. The minimum Gasteiger partial charge on any atom is -0.371 e. The molecular weight excluding hydrogens is 196 g/mol. The molecule has 0 N–H and O–H groups in total. The van der Waals surface area contributed by atoms with Gasteiger partial charge in [0.05, 0.1) is 5.52 Å². The summed E-state index contributed by atoms with van der Waals surface area (Å²) in [4.78, 5) is 6.80. The van der Waals surface area contributed by atoms with Gasteiger partial charge in [-0.15, -0.1) is 0 Å². The van der Waals surface area contributed by atoms with E-state index < -0.39 is 0 Å². The summed E-state index contributed by atoms with van der Waals surface area (Å²) in [5.41, 5.74) is 2.27. The van der Waals surface area contributed by atoms with Crippen LogP contribution in [0, 0.1) is 6.07 Å². The highest BCUT2D eigenvalue weighted by atomic mass is 15.1. The van der Waals surface area contributed by atoms with E-state index in [9.17, 15) is 0 Å². The minimum absolute atomic E-state index is 1.07. The summed E-state index contributed by atoms with van der Waals surface area (Å²) < 4.78 is 0. The Morgan fingerprint density at radius 3 is 2.94 bits per heavy atom. The van der Waals surface area contributed by atoms with Crippen LogP contribution in [0.2, 0.25) is 0 Å². The van der Waals surface area contributed by atoms with E-state index in [0.717, 1.165) is 18.6 Å². The zero-order valence-corrected chi connectivity index (χ0v) is 9.32. The van der Waals surface area contributed by atoms with E-state index in [1.54, 1.807) is 0 Å². The summed E-state index contributed by atoms with van der Waals surface area (Å²) in [5, 5.41) is 1.17. The van der Waals surface area contributed by atoms with Crippen LogP contribution in [0.5, 0.6) is 0 Å². The van der Waals surface area contributed by atoms with E-state index in [2.05, 4.69) is 28.1 Å². The van der Waals surface area contributed by atoms with Gasteiger partial charge in [-0.25, -0.2) is 0 Å². The molecule has 16 heavy (non-hydrogen) atoms. The normalized spacial score (nSPS) is 16.6. The summed E-state index contributed by atoms with van der Waals surface area (Å²) in [6.45, 7) is 2.32. The molecule has 0 aliphatic carbocycles. The van der Waals surface area contributed by atoms with Crippen molar-refractivity contribution >= 4 is 16.6 Å². The molecule has 2 heteroatoms. The van der Waals surface area contributed by atoms with Gasteiger partial charge in [0.15, 0.2) is 0 Å². The second kappa shape index (κ2) is 4.12. The molecule has 0 atom stereocenters. The monoisotopic (exact) mass is 211 g/mol. The van der Waals surface area contributed by atoms with Gasteiger partial charge in [-0.05, 0) is 37.5 Å². The third kappa shape index (κ3) is 1.75. The molecule has 3 rings (SSSR count). The summed E-state index contributed by atoms with van der Waals surface area (Å²) >= 11 is 0. The number of hydrogen-bond acceptors (Lipinski definition) is 2. The molecular formula is C14H15N2. The number of anilines is 1. The standard InChI is InChI=1S/C14H15N2/c1-2-9-16(10-3-1)13-7-6-12-5-4-8-15-14(12)11-13/h4-6,8,11H,1-3,9-10H2. The second-order valence-corrected chi connectivity index (χ2v) is 4.34. The van der Waals surface area contributed by atoms with Crippen LogP contribution < -0.4 is 4.90 Å². The van der Waals surface area contributed by atoms with Gasteiger partial charge < -0.3 is 4.90 Å². The fourth-order valence-electron chi connectivity index (χ4n) is 2.31. The molecule has 1 aromatic heterocycles. The van der Waals surface area contributed by atoms with Gasteiger partial charge in [-0.3, -0.25) is 4.98 Å². The molecule has 1 aliphatic rings. The van der Waals surface area contributed by atoms with Gasteiger partial charge in [0.1, 0.15) is 0 Å². The van der Waals surface area contributed by atoms with Crippen LogP contribution in [-0.2, 0) is 0 Å². The Labute approximate surface area is 95.9 Å². The van der Waals surface area contributed by atoms with E-state index in [1.807, 2.05) is 18.3 Å². The van der Waals surface area contributed by atoms with E-state index in [0.29, 0.717) is 0 Å². The minimum atomic E-state index is 1.07. The van der Waals surface area contributed by atoms with Gasteiger partial charge in [0.2, 0.25) is 0 Å². The fraction of sp³-hybridized carbons (Fsp3) is 0.357. The van der Waals surface area contributed by atoms with Crippen LogP contribution in [0.15, 0.2) is 30.5 Å². The molecule has 0 amide bonds. The van der Waals surface area contributed by atoms with Crippen molar-refractivity contribution in [2.45, 2.75) is 19.3 Å². The lowest BCUT2D eigenvalue weighted by Gasteiger charge is -2.28. The number of benzene rings is 1. The lowest BCUT2D eigenvalue weighted by Crippen LogP contribution is -2.29. The molecule has 1 fully saturated rings. The van der Waals surface area contributed by atoms with Crippen molar-refractivity contribution in [1.82, 2.24) is 4.98 Å². The Balaban J connectivity index is 1.97. The predicted octanol–water partition coefficient (Wildman–Crippen LogP) is 3.03. The predicted molar refractivity (Wildman–Crippen MR) is 66.6 cm³/mol. The number of rotatable bonds is 1. The van der Waals surface area contributed by atoms with Crippen molar-refractivity contribution < 1.29 is 0 Å². The Hall–Kier alpha value is -1.57. The van der Waals surface area contributed by atoms with Crippen LogP contribution >= 0.6 is 0 Å². The summed E-state index contributed by atoms with van der Waals surface area (Å²) in [5.74, 6) is 0. The molecule has 2 nitrogen and oxygen atoms in total. The molecule has 0 saturated carbocycles. The lowest BCUT2D eigenvalue weighted by molar-refractivity contribution is 0.578. The Kier molecular flexibility index (Phi) is 2.49. The van der Waals surface area contributed by atoms with Crippen LogP contribution in [-0.4, -0.2) is 18.1 Å². The maximum Gasteiger partial charge on any atom is 0.0723 e. The van der Waals surface area contributed by atoms with Crippen molar-refractivity contribution in [3.63, 3.8) is 0 Å². The fourth-order valence-corrected chi connectivity index (χ4v) is 2.31. The van der Waals surface area contributed by atoms with Crippen molar-refractivity contribution in [3.8, 4) is 0 Å². The van der Waals surface area contributed by atoms with Gasteiger partial charge in [-0.2, -0.15) is 0 Å². The molecule has 2 aromatic rings. The molecule has 0 unspecified atom stereocenters. The van der Waals surface area contributed by atoms with Gasteiger partial charge in [0.25, 0.3) is 0 Å². The Bertz CT molecular complexity index is 487. The third-order valence-electron chi connectivity index (χ3n) is 3.22. The van der Waals surface area contributed by atoms with Crippen LogP contribution in [0.3, 0.4) is 0 Å². The first-order chi connectivity index (χ1) is 7.93. The molecule has 1 radical (unpaired) electrons. The average molecular weight is 211 g/mol. The van der Waals surface area contributed by atoms with Crippen molar-refractivity contribution in [1.29, 1.82) is 0 Å². The van der Waals surface area contributed by atoms with Crippen LogP contribution in [0.1, 0.15) is 19.3 Å². The first-order valence-corrected chi connectivity index (χ1v) is 5.95. The maximum atomic E-state index is 4.39. The van der Waals surface area contributed by atoms with E-state index in [1.165, 1.54) is 30.3 Å². The smallest absolute Gasteiger partial charge is 0.0723 e. The molecule has 1 saturated heterocycles. The zero-order chi connectivity index (χ0) is 10.8. The van der Waals surface area contributed by atoms with E-state index in [4.69, 9.17) is 0 Å². The Morgan fingerprint density at radius 1 is 1.19 bits per heavy atom. The van der Waals surface area contributed by atoms with Crippen LogP contribution in [0.4, 0.5) is 5.69 Å². The molecule has 1 aromatic carbocycles. The SMILES string of the molecule is [c]1cc2cccnc2cc1N1CCCCC1. The molecule has 0 bridgehead atoms. The van der Waals surface area contributed by atoms with Crippen molar-refractivity contribution in [2.24, 2.45) is 0 Å². The van der Waals surface area contributed by atoms with Crippen LogP contribution in [0.25, 0.3) is 10.9 Å². The lowest BCUT2D eigenvalue weighted by atomic mass is 10.1. The van der Waals surface area contributed by atoms with E-state index >= 15 is 0 Å². The van der Waals surface area contributed by atoms with Gasteiger partial charge >= 0.3 is 0 Å². The second-order valence-electron chi connectivity index (χ2n) is 4.34. The van der Waals surface area contributed by atoms with Crippen molar-refractivity contribution in [3.05, 3.63) is 36.5 Å². The first-order valence-electron chi connectivity index (χ1n) is 5.95. The molecule has 0 spiro atoms. The third-order valence-corrected chi connectivity index (χ3v) is 3.22. The highest BCUT2D eigenvalue weighted by Crippen LogP contribution is 2.22. The van der Waals surface area contributed by atoms with Gasteiger partial charge in [0, 0.05) is 36.4 Å². The maximum absolute atomic E-state index is 4.39. The van der Waals surface area contributed by atoms with Crippen molar-refractivity contribution in [2.75, 3.05) is 18.0 Å². The number of nitrogens with zero attached hydrogens (tertiary/aromatic N) is 2. The Morgan fingerprint density at radius 2 is 2.06 bits per heavy atom. The molecule has 2 heterocycles. The average Bonchev–Trinajstić information content (AvgIpc) is 2.39. The topological polar surface area (TPSA) is 16.1 Å². The number of piperidine rings is 1. The summed E-state index contributed by atoms with van der Waals surface area (Å²) in [6.07, 6.45) is 5.81. The molecule has 1 aliphatic heterocycles. The summed E-state index contributed by atoms with van der Waals surface area (Å²) in [6, 6.07) is 11.6. The summed E-state index contributed by atoms with van der Waals surface area (Å²) in [7, 11) is 0.